The largest absolute Gasteiger partial charge is 0.489 e. The third kappa shape index (κ3) is 7.04. The zero-order valence-corrected chi connectivity index (χ0v) is 21.8. The lowest BCUT2D eigenvalue weighted by Gasteiger charge is -2.22. The summed E-state index contributed by atoms with van der Waals surface area (Å²) in [4.78, 5) is 13.0. The summed E-state index contributed by atoms with van der Waals surface area (Å²) in [7, 11) is -3.90. The van der Waals surface area contributed by atoms with Crippen molar-refractivity contribution < 1.29 is 17.9 Å². The molecule has 0 atom stereocenters. The maximum Gasteiger partial charge on any atom is 0.243 e. The van der Waals surface area contributed by atoms with Crippen molar-refractivity contribution in [3.8, 4) is 5.75 Å². The number of sulfonamides is 1. The number of anilines is 1. The molecule has 0 heterocycles. The summed E-state index contributed by atoms with van der Waals surface area (Å²) in [6.45, 7) is 0.165. The first kappa shape index (κ1) is 25.6. The number of amides is 1. The van der Waals surface area contributed by atoms with Crippen molar-refractivity contribution >= 4 is 37.5 Å². The van der Waals surface area contributed by atoms with E-state index in [1.54, 1.807) is 42.5 Å². The summed E-state index contributed by atoms with van der Waals surface area (Å²) in [5.74, 6) is 0.227. The second-order valence-electron chi connectivity index (χ2n) is 8.06. The molecule has 0 unspecified atom stereocenters. The standard InChI is InChI=1S/C28H25BrN2O4S/c29-24-13-11-22(12-14-24)19-31(36(33,34)27-9-5-2-6-10-27)20-28(32)30-25-15-17-26(18-16-25)35-21-23-7-3-1-4-8-23/h1-18H,19-21H2,(H,30,32). The van der Waals surface area contributed by atoms with Gasteiger partial charge in [0.2, 0.25) is 15.9 Å². The van der Waals surface area contributed by atoms with Crippen molar-refractivity contribution in [2.75, 3.05) is 11.9 Å². The molecule has 0 radical (unpaired) electrons. The van der Waals surface area contributed by atoms with E-state index in [9.17, 15) is 13.2 Å². The molecule has 0 spiro atoms. The van der Waals surface area contributed by atoms with Crippen molar-refractivity contribution in [1.29, 1.82) is 0 Å². The van der Waals surface area contributed by atoms with Crippen molar-refractivity contribution in [2.24, 2.45) is 0 Å². The second-order valence-corrected chi connectivity index (χ2v) is 10.9. The van der Waals surface area contributed by atoms with Crippen LogP contribution in [0.4, 0.5) is 5.69 Å². The average Bonchev–Trinajstić information content (AvgIpc) is 2.90. The zero-order valence-electron chi connectivity index (χ0n) is 19.4. The Morgan fingerprint density at radius 2 is 1.39 bits per heavy atom. The molecule has 0 aliphatic heterocycles. The lowest BCUT2D eigenvalue weighted by atomic mass is 10.2. The van der Waals surface area contributed by atoms with E-state index in [1.165, 1.54) is 16.4 Å². The summed E-state index contributed by atoms with van der Waals surface area (Å²) >= 11 is 3.39. The number of hydrogen-bond acceptors (Lipinski definition) is 4. The van der Waals surface area contributed by atoms with E-state index in [0.29, 0.717) is 18.0 Å². The molecule has 0 aliphatic carbocycles. The van der Waals surface area contributed by atoms with Crippen molar-refractivity contribution in [1.82, 2.24) is 4.31 Å². The Morgan fingerprint density at radius 3 is 2.03 bits per heavy atom. The smallest absolute Gasteiger partial charge is 0.243 e. The van der Waals surface area contributed by atoms with E-state index < -0.39 is 15.9 Å². The first-order valence-electron chi connectivity index (χ1n) is 11.3. The Labute approximate surface area is 219 Å². The third-order valence-electron chi connectivity index (χ3n) is 5.36. The number of hydrogen-bond donors (Lipinski definition) is 1. The Balaban J connectivity index is 1.44. The van der Waals surface area contributed by atoms with Gasteiger partial charge in [-0.05, 0) is 59.7 Å². The van der Waals surface area contributed by atoms with Gasteiger partial charge in [0.25, 0.3) is 0 Å². The first-order valence-corrected chi connectivity index (χ1v) is 13.5. The fourth-order valence-corrected chi connectivity index (χ4v) is 5.17. The van der Waals surface area contributed by atoms with E-state index in [4.69, 9.17) is 4.74 Å². The van der Waals surface area contributed by atoms with Crippen LogP contribution < -0.4 is 10.1 Å². The highest BCUT2D eigenvalue weighted by Crippen LogP contribution is 2.21. The Bertz CT molecular complexity index is 1380. The van der Waals surface area contributed by atoms with E-state index in [0.717, 1.165) is 15.6 Å². The molecule has 1 N–H and O–H groups in total. The molecule has 0 bridgehead atoms. The highest BCUT2D eigenvalue weighted by molar-refractivity contribution is 9.10. The molecule has 0 saturated carbocycles. The molecule has 0 saturated heterocycles. The van der Waals surface area contributed by atoms with Gasteiger partial charge in [0.05, 0.1) is 11.4 Å². The van der Waals surface area contributed by atoms with Crippen LogP contribution in [0.2, 0.25) is 0 Å². The topological polar surface area (TPSA) is 75.7 Å². The number of nitrogens with one attached hydrogen (secondary N) is 1. The van der Waals surface area contributed by atoms with Crippen LogP contribution >= 0.6 is 15.9 Å². The van der Waals surface area contributed by atoms with Gasteiger partial charge < -0.3 is 10.1 Å². The Hall–Kier alpha value is -3.46. The van der Waals surface area contributed by atoms with E-state index >= 15 is 0 Å². The van der Waals surface area contributed by atoms with Crippen LogP contribution in [-0.4, -0.2) is 25.2 Å². The van der Waals surface area contributed by atoms with Gasteiger partial charge in [0, 0.05) is 16.7 Å². The van der Waals surface area contributed by atoms with Crippen molar-refractivity contribution in [3.05, 3.63) is 125 Å². The SMILES string of the molecule is O=C(CN(Cc1ccc(Br)cc1)S(=O)(=O)c1ccccc1)Nc1ccc(OCc2ccccc2)cc1. The van der Waals surface area contributed by atoms with E-state index in [2.05, 4.69) is 21.2 Å². The van der Waals surface area contributed by atoms with Crippen molar-refractivity contribution in [2.45, 2.75) is 18.0 Å². The van der Waals surface area contributed by atoms with Gasteiger partial charge >= 0.3 is 0 Å². The number of carbonyl (C=O) groups is 1. The van der Waals surface area contributed by atoms with Crippen LogP contribution in [0.5, 0.6) is 5.75 Å². The average molecular weight is 565 g/mol. The molecule has 0 aliphatic rings. The maximum absolute atomic E-state index is 13.3. The highest BCUT2D eigenvalue weighted by atomic mass is 79.9. The monoisotopic (exact) mass is 564 g/mol. The van der Waals surface area contributed by atoms with Gasteiger partial charge in [-0.15, -0.1) is 0 Å². The van der Waals surface area contributed by atoms with Gasteiger partial charge in [-0.25, -0.2) is 8.42 Å². The van der Waals surface area contributed by atoms with Gasteiger partial charge in [-0.2, -0.15) is 4.31 Å². The molecule has 8 heteroatoms. The number of halogens is 1. The van der Waals surface area contributed by atoms with Gasteiger partial charge in [-0.3, -0.25) is 4.79 Å². The molecular weight excluding hydrogens is 540 g/mol. The summed E-state index contributed by atoms with van der Waals surface area (Å²) < 4.78 is 34.5. The van der Waals surface area contributed by atoms with E-state index in [1.807, 2.05) is 54.6 Å². The first-order chi connectivity index (χ1) is 17.4. The van der Waals surface area contributed by atoms with E-state index in [-0.39, 0.29) is 18.0 Å². The highest BCUT2D eigenvalue weighted by Gasteiger charge is 2.27. The van der Waals surface area contributed by atoms with Crippen LogP contribution in [0.3, 0.4) is 0 Å². The van der Waals surface area contributed by atoms with Gasteiger partial charge in [0.15, 0.2) is 0 Å². The quantitative estimate of drug-likeness (QED) is 0.262. The van der Waals surface area contributed by atoms with Crippen molar-refractivity contribution in [3.63, 3.8) is 0 Å². The number of carbonyl (C=O) groups excluding carboxylic acids is 1. The number of ether oxygens (including phenoxy) is 1. The fourth-order valence-electron chi connectivity index (χ4n) is 3.50. The summed E-state index contributed by atoms with van der Waals surface area (Å²) in [5.41, 5.74) is 2.37. The lowest BCUT2D eigenvalue weighted by Crippen LogP contribution is -2.37. The summed E-state index contributed by atoms with van der Waals surface area (Å²) in [5, 5.41) is 2.78. The molecule has 4 aromatic carbocycles. The minimum absolute atomic E-state index is 0.0597. The van der Waals surface area contributed by atoms with Crippen LogP contribution in [0.25, 0.3) is 0 Å². The fraction of sp³-hybridized carbons (Fsp3) is 0.107. The van der Waals surface area contributed by atoms with Crippen LogP contribution in [0.1, 0.15) is 11.1 Å². The minimum Gasteiger partial charge on any atom is -0.489 e. The molecule has 4 aromatic rings. The second kappa shape index (κ2) is 12.0. The normalized spacial score (nSPS) is 11.3. The maximum atomic E-state index is 13.3. The predicted molar refractivity (Wildman–Crippen MR) is 144 cm³/mol. The molecule has 36 heavy (non-hydrogen) atoms. The van der Waals surface area contributed by atoms with Gasteiger partial charge in [-0.1, -0.05) is 76.6 Å². The Kier molecular flexibility index (Phi) is 8.53. The molecular formula is C28H25BrN2O4S. The number of nitrogens with zero attached hydrogens (tertiary/aromatic N) is 1. The molecule has 0 fully saturated rings. The third-order valence-corrected chi connectivity index (χ3v) is 7.69. The van der Waals surface area contributed by atoms with Gasteiger partial charge in [0.1, 0.15) is 12.4 Å². The molecule has 184 valence electrons. The number of benzene rings is 4. The van der Waals surface area contributed by atoms with Crippen LogP contribution in [0.15, 0.2) is 119 Å². The number of rotatable bonds is 10. The Morgan fingerprint density at radius 1 is 0.778 bits per heavy atom. The minimum atomic E-state index is -3.90. The molecule has 1 amide bonds. The lowest BCUT2D eigenvalue weighted by molar-refractivity contribution is -0.116. The summed E-state index contributed by atoms with van der Waals surface area (Å²) in [6.07, 6.45) is 0. The summed E-state index contributed by atoms with van der Waals surface area (Å²) in [6, 6.07) is 32.2. The predicted octanol–water partition coefficient (Wildman–Crippen LogP) is 5.86. The van der Waals surface area contributed by atoms with Crippen LogP contribution in [-0.2, 0) is 28.0 Å². The van der Waals surface area contributed by atoms with Crippen LogP contribution in [0, 0.1) is 0 Å². The molecule has 0 aromatic heterocycles. The molecule has 4 rings (SSSR count). The molecule has 6 nitrogen and oxygen atoms in total. The zero-order chi connectivity index (χ0) is 25.4.